The summed E-state index contributed by atoms with van der Waals surface area (Å²) >= 11 is 0. The normalized spacial score (nSPS) is 21.0. The summed E-state index contributed by atoms with van der Waals surface area (Å²) in [5, 5.41) is 10.4. The van der Waals surface area contributed by atoms with Crippen LogP contribution < -0.4 is 15.4 Å². The lowest BCUT2D eigenvalue weighted by Gasteiger charge is -2.30. The van der Waals surface area contributed by atoms with Crippen molar-refractivity contribution in [3.8, 4) is 5.75 Å². The molecule has 3 heterocycles. The predicted molar refractivity (Wildman–Crippen MR) is 131 cm³/mol. The fourth-order valence-electron chi connectivity index (χ4n) is 4.95. The molecule has 188 valence electrons. The lowest BCUT2D eigenvalue weighted by atomic mass is 10.1. The van der Waals surface area contributed by atoms with Gasteiger partial charge in [-0.2, -0.15) is 5.10 Å². The van der Waals surface area contributed by atoms with Gasteiger partial charge in [0.05, 0.1) is 12.2 Å². The molecule has 35 heavy (non-hydrogen) atoms. The minimum atomic E-state index is -0.201. The Morgan fingerprint density at radius 1 is 1.11 bits per heavy atom. The third-order valence-corrected chi connectivity index (χ3v) is 7.24. The molecule has 2 atom stereocenters. The number of nitrogens with zero attached hydrogens (tertiary/aromatic N) is 3. The van der Waals surface area contributed by atoms with Gasteiger partial charge in [0, 0.05) is 49.3 Å². The van der Waals surface area contributed by atoms with E-state index in [0.29, 0.717) is 44.0 Å². The molecule has 4 rings (SSSR count). The predicted octanol–water partition coefficient (Wildman–Crippen LogP) is 2.20. The first-order valence-electron chi connectivity index (χ1n) is 12.3. The number of aryl methyl sites for hydroxylation is 3. The van der Waals surface area contributed by atoms with Crippen LogP contribution in [0, 0.1) is 27.7 Å². The van der Waals surface area contributed by atoms with Gasteiger partial charge in [0.15, 0.2) is 0 Å². The summed E-state index contributed by atoms with van der Waals surface area (Å²) in [6, 6.07) is 5.00. The molecule has 2 N–H and O–H groups in total. The van der Waals surface area contributed by atoms with Crippen LogP contribution in [0.5, 0.6) is 5.75 Å². The standard InChI is InChI=1S/C26H35N5O4/c1-16-5-6-20-13-23(16)35-12-10-27-24(32)14-21-7-8-22(15-28-26(20)34)31(21)25(33)9-11-30-19(4)17(2)18(3)29-30/h5-6,13,21-22H,7-12,14-15H2,1-4H3,(H,27,32)(H,28,34)/t21-,22+/m0/s1. The largest absolute Gasteiger partial charge is 0.491 e. The molecule has 2 aliphatic rings. The van der Waals surface area contributed by atoms with E-state index in [0.717, 1.165) is 35.4 Å². The van der Waals surface area contributed by atoms with Gasteiger partial charge in [-0.25, -0.2) is 0 Å². The van der Waals surface area contributed by atoms with Gasteiger partial charge < -0.3 is 20.3 Å². The van der Waals surface area contributed by atoms with Crippen molar-refractivity contribution >= 4 is 17.7 Å². The molecule has 0 saturated carbocycles. The lowest BCUT2D eigenvalue weighted by molar-refractivity contribution is -0.135. The molecule has 0 radical (unpaired) electrons. The van der Waals surface area contributed by atoms with E-state index in [1.54, 1.807) is 12.1 Å². The van der Waals surface area contributed by atoms with Crippen LogP contribution in [0.3, 0.4) is 0 Å². The summed E-state index contributed by atoms with van der Waals surface area (Å²) in [5.41, 5.74) is 4.59. The molecule has 2 aromatic rings. The van der Waals surface area contributed by atoms with Crippen molar-refractivity contribution in [1.29, 1.82) is 0 Å². The summed E-state index contributed by atoms with van der Waals surface area (Å²) in [7, 11) is 0. The summed E-state index contributed by atoms with van der Waals surface area (Å²) in [6.45, 7) is 9.40. The van der Waals surface area contributed by atoms with Crippen LogP contribution in [-0.4, -0.2) is 64.2 Å². The first-order chi connectivity index (χ1) is 16.7. The van der Waals surface area contributed by atoms with Crippen LogP contribution in [0.1, 0.15) is 58.6 Å². The van der Waals surface area contributed by atoms with E-state index < -0.39 is 0 Å². The molecule has 0 aliphatic carbocycles. The number of hydrogen-bond acceptors (Lipinski definition) is 5. The molecule has 1 aromatic carbocycles. The Bertz CT molecular complexity index is 1130. The van der Waals surface area contributed by atoms with E-state index in [9.17, 15) is 14.4 Å². The highest BCUT2D eigenvalue weighted by Gasteiger charge is 2.37. The van der Waals surface area contributed by atoms with E-state index in [1.807, 2.05) is 43.3 Å². The zero-order valence-electron chi connectivity index (χ0n) is 21.0. The molecule has 0 unspecified atom stereocenters. The molecular weight excluding hydrogens is 446 g/mol. The number of ether oxygens (including phenoxy) is 1. The van der Waals surface area contributed by atoms with Crippen LogP contribution in [0.2, 0.25) is 0 Å². The van der Waals surface area contributed by atoms with Gasteiger partial charge in [0.25, 0.3) is 5.91 Å². The van der Waals surface area contributed by atoms with Crippen LogP contribution in [0.15, 0.2) is 18.2 Å². The van der Waals surface area contributed by atoms with Crippen LogP contribution >= 0.6 is 0 Å². The molecular formula is C26H35N5O4. The Morgan fingerprint density at radius 2 is 1.89 bits per heavy atom. The van der Waals surface area contributed by atoms with Crippen molar-refractivity contribution in [3.05, 3.63) is 46.3 Å². The Labute approximate surface area is 206 Å². The third-order valence-electron chi connectivity index (χ3n) is 7.24. The second kappa shape index (κ2) is 10.5. The van der Waals surface area contributed by atoms with Crippen molar-refractivity contribution < 1.29 is 19.1 Å². The van der Waals surface area contributed by atoms with Crippen LogP contribution in [-0.2, 0) is 16.1 Å². The van der Waals surface area contributed by atoms with Gasteiger partial charge in [0.2, 0.25) is 11.8 Å². The number of aromatic nitrogens is 2. The molecule has 9 heteroatoms. The minimum Gasteiger partial charge on any atom is -0.491 e. The van der Waals surface area contributed by atoms with Crippen molar-refractivity contribution in [1.82, 2.24) is 25.3 Å². The Kier molecular flexibility index (Phi) is 7.42. The van der Waals surface area contributed by atoms with E-state index in [-0.39, 0.29) is 36.2 Å². The fourth-order valence-corrected chi connectivity index (χ4v) is 4.95. The smallest absolute Gasteiger partial charge is 0.251 e. The van der Waals surface area contributed by atoms with E-state index in [2.05, 4.69) is 15.7 Å². The minimum absolute atomic E-state index is 0.0185. The average molecular weight is 482 g/mol. The van der Waals surface area contributed by atoms with E-state index in [4.69, 9.17) is 4.74 Å². The number of hydrogen-bond donors (Lipinski definition) is 2. The van der Waals surface area contributed by atoms with E-state index >= 15 is 0 Å². The third kappa shape index (κ3) is 5.49. The maximum absolute atomic E-state index is 13.4. The van der Waals surface area contributed by atoms with Gasteiger partial charge in [-0.3, -0.25) is 19.1 Å². The SMILES string of the molecule is Cc1ccc2cc1OCCNC(=O)C[C@@H]1CC[C@H](CNC2=O)N1C(=O)CCn1nc(C)c(C)c1C. The van der Waals surface area contributed by atoms with Gasteiger partial charge >= 0.3 is 0 Å². The first kappa shape index (κ1) is 24.8. The molecule has 9 nitrogen and oxygen atoms in total. The number of amides is 3. The zero-order valence-corrected chi connectivity index (χ0v) is 21.0. The second-order valence-electron chi connectivity index (χ2n) is 9.55. The van der Waals surface area contributed by atoms with E-state index in [1.165, 1.54) is 0 Å². The average Bonchev–Trinajstić information content (AvgIpc) is 3.34. The molecule has 4 bridgehead atoms. The van der Waals surface area contributed by atoms with Gasteiger partial charge in [-0.05, 0) is 63.8 Å². The highest BCUT2D eigenvalue weighted by Crippen LogP contribution is 2.28. The topological polar surface area (TPSA) is 106 Å². The van der Waals surface area contributed by atoms with Crippen LogP contribution in [0.4, 0.5) is 0 Å². The number of carbonyl (C=O) groups excluding carboxylic acids is 3. The number of nitrogens with one attached hydrogen (secondary N) is 2. The quantitative estimate of drug-likeness (QED) is 0.699. The van der Waals surface area contributed by atoms with Crippen LogP contribution in [0.25, 0.3) is 0 Å². The summed E-state index contributed by atoms with van der Waals surface area (Å²) in [5.74, 6) is 0.304. The van der Waals surface area contributed by atoms with Gasteiger partial charge in [-0.1, -0.05) is 6.07 Å². The van der Waals surface area contributed by atoms with Crippen molar-refractivity contribution in [2.45, 2.75) is 72.0 Å². The van der Waals surface area contributed by atoms with Gasteiger partial charge in [0.1, 0.15) is 12.4 Å². The highest BCUT2D eigenvalue weighted by molar-refractivity contribution is 5.94. The summed E-state index contributed by atoms with van der Waals surface area (Å²) in [6.07, 6.45) is 2.00. The molecule has 3 amide bonds. The maximum atomic E-state index is 13.4. The number of fused-ring (bicyclic) bond motifs is 4. The summed E-state index contributed by atoms with van der Waals surface area (Å²) < 4.78 is 7.67. The molecule has 0 spiro atoms. The monoisotopic (exact) mass is 481 g/mol. The highest BCUT2D eigenvalue weighted by atomic mass is 16.5. The lowest BCUT2D eigenvalue weighted by Crippen LogP contribution is -2.48. The number of rotatable bonds is 3. The fraction of sp³-hybridized carbons (Fsp3) is 0.538. The summed E-state index contributed by atoms with van der Waals surface area (Å²) in [4.78, 5) is 40.8. The Morgan fingerprint density at radius 3 is 2.63 bits per heavy atom. The Balaban J connectivity index is 1.52. The maximum Gasteiger partial charge on any atom is 0.251 e. The molecule has 2 aliphatic heterocycles. The van der Waals surface area contributed by atoms with Crippen molar-refractivity contribution in [2.24, 2.45) is 0 Å². The van der Waals surface area contributed by atoms with Crippen molar-refractivity contribution in [3.63, 3.8) is 0 Å². The first-order valence-corrected chi connectivity index (χ1v) is 12.3. The van der Waals surface area contributed by atoms with Gasteiger partial charge in [-0.15, -0.1) is 0 Å². The Hall–Kier alpha value is -3.36. The number of carbonyl (C=O) groups is 3. The molecule has 1 saturated heterocycles. The molecule has 1 fully saturated rings. The number of benzene rings is 1. The van der Waals surface area contributed by atoms with Crippen molar-refractivity contribution in [2.75, 3.05) is 19.7 Å². The zero-order chi connectivity index (χ0) is 25.1. The molecule has 1 aromatic heterocycles. The second-order valence-corrected chi connectivity index (χ2v) is 9.55.